The molecule has 4 rings (SSSR count). The summed E-state index contributed by atoms with van der Waals surface area (Å²) in [5.41, 5.74) is 0.946. The van der Waals surface area contributed by atoms with Gasteiger partial charge >= 0.3 is 0 Å². The van der Waals surface area contributed by atoms with Gasteiger partial charge in [-0.25, -0.2) is 4.98 Å². The van der Waals surface area contributed by atoms with E-state index in [1.54, 1.807) is 11.3 Å². The maximum Gasteiger partial charge on any atom is 0.226 e. The van der Waals surface area contributed by atoms with E-state index in [9.17, 15) is 4.79 Å². The lowest BCUT2D eigenvalue weighted by molar-refractivity contribution is -0.121. The van der Waals surface area contributed by atoms with Crippen LogP contribution in [-0.2, 0) is 11.2 Å². The van der Waals surface area contributed by atoms with E-state index in [-0.39, 0.29) is 23.9 Å². The Kier molecular flexibility index (Phi) is 4.45. The Morgan fingerprint density at radius 3 is 2.92 bits per heavy atom. The van der Waals surface area contributed by atoms with Gasteiger partial charge in [-0.05, 0) is 38.5 Å². The van der Waals surface area contributed by atoms with Gasteiger partial charge in [0.15, 0.2) is 11.0 Å². The van der Waals surface area contributed by atoms with Crippen molar-refractivity contribution < 1.29 is 9.32 Å². The zero-order valence-corrected chi connectivity index (χ0v) is 15.1. The van der Waals surface area contributed by atoms with Gasteiger partial charge in [0.2, 0.25) is 12.3 Å². The second kappa shape index (κ2) is 6.74. The molecule has 0 saturated heterocycles. The third kappa shape index (κ3) is 4.00. The Morgan fingerprint density at radius 1 is 1.44 bits per heavy atom. The van der Waals surface area contributed by atoms with Crippen molar-refractivity contribution in [3.63, 3.8) is 0 Å². The summed E-state index contributed by atoms with van der Waals surface area (Å²) in [7, 11) is 0. The van der Waals surface area contributed by atoms with Gasteiger partial charge in [0.1, 0.15) is 0 Å². The fourth-order valence-electron chi connectivity index (χ4n) is 3.51. The lowest BCUT2D eigenvalue weighted by Gasteiger charge is -2.24. The molecule has 8 heteroatoms. The molecule has 0 radical (unpaired) electrons. The van der Waals surface area contributed by atoms with Crippen molar-refractivity contribution in [3.05, 3.63) is 23.3 Å². The Morgan fingerprint density at radius 2 is 2.24 bits per heavy atom. The molecule has 2 N–H and O–H groups in total. The average Bonchev–Trinajstić information content (AvgIpc) is 2.96. The summed E-state index contributed by atoms with van der Waals surface area (Å²) in [6.45, 7) is 2.25. The number of rotatable bonds is 7. The molecule has 1 unspecified atom stereocenters. The highest BCUT2D eigenvalue weighted by Crippen LogP contribution is 2.40. The van der Waals surface area contributed by atoms with Crippen LogP contribution in [0.2, 0.25) is 0 Å². The second-order valence-corrected chi connectivity index (χ2v) is 8.24. The minimum absolute atomic E-state index is 0.0503. The van der Waals surface area contributed by atoms with Crippen LogP contribution in [0.1, 0.15) is 63.0 Å². The van der Waals surface area contributed by atoms with E-state index in [4.69, 9.17) is 4.52 Å². The van der Waals surface area contributed by atoms with E-state index < -0.39 is 0 Å². The van der Waals surface area contributed by atoms with Gasteiger partial charge in [0.05, 0.1) is 18.2 Å². The van der Waals surface area contributed by atoms with Gasteiger partial charge in [0.25, 0.3) is 0 Å². The van der Waals surface area contributed by atoms with Crippen molar-refractivity contribution in [2.75, 3.05) is 5.32 Å². The van der Waals surface area contributed by atoms with Crippen LogP contribution in [0.25, 0.3) is 0 Å². The Hall–Kier alpha value is -1.96. The number of amides is 1. The highest BCUT2D eigenvalue weighted by molar-refractivity contribution is 7.13. The third-order valence-corrected chi connectivity index (χ3v) is 5.88. The number of aromatic nitrogens is 3. The molecule has 0 bridgehead atoms. The Labute approximate surface area is 150 Å². The summed E-state index contributed by atoms with van der Waals surface area (Å²) in [5, 5.41) is 13.3. The summed E-state index contributed by atoms with van der Waals surface area (Å²) >= 11 is 1.57. The fourth-order valence-corrected chi connectivity index (χ4v) is 4.37. The molecule has 2 saturated carbocycles. The summed E-state index contributed by atoms with van der Waals surface area (Å²) in [6.07, 6.45) is 8.64. The molecule has 2 aromatic heterocycles. The van der Waals surface area contributed by atoms with E-state index in [2.05, 4.69) is 32.7 Å². The SMILES string of the molecule is CC1(Nc2nc(CC(=O)NC(c3ncon3)C3CC3)cs2)CCCC1. The number of carbonyl (C=O) groups is 1. The highest BCUT2D eigenvalue weighted by atomic mass is 32.1. The van der Waals surface area contributed by atoms with Gasteiger partial charge < -0.3 is 15.2 Å². The number of thiazole rings is 1. The zero-order chi connectivity index (χ0) is 17.3. The van der Waals surface area contributed by atoms with Crippen LogP contribution >= 0.6 is 11.3 Å². The van der Waals surface area contributed by atoms with E-state index in [1.807, 2.05) is 5.38 Å². The minimum atomic E-state index is -0.153. The van der Waals surface area contributed by atoms with Gasteiger partial charge in [-0.1, -0.05) is 18.0 Å². The largest absolute Gasteiger partial charge is 0.356 e. The maximum absolute atomic E-state index is 12.4. The first-order valence-electron chi connectivity index (χ1n) is 8.89. The lowest BCUT2D eigenvalue weighted by Crippen LogP contribution is -2.32. The Bertz CT molecular complexity index is 719. The maximum atomic E-state index is 12.4. The summed E-state index contributed by atoms with van der Waals surface area (Å²) < 4.78 is 4.82. The van der Waals surface area contributed by atoms with Gasteiger partial charge in [-0.15, -0.1) is 11.3 Å². The van der Waals surface area contributed by atoms with Gasteiger partial charge in [0, 0.05) is 10.9 Å². The summed E-state index contributed by atoms with van der Waals surface area (Å²) in [6, 6.07) is -0.153. The molecule has 0 aliphatic heterocycles. The van der Waals surface area contributed by atoms with Crippen molar-refractivity contribution in [1.82, 2.24) is 20.4 Å². The van der Waals surface area contributed by atoms with Crippen LogP contribution in [0.3, 0.4) is 0 Å². The lowest BCUT2D eigenvalue weighted by atomic mass is 10.0. The first-order valence-corrected chi connectivity index (χ1v) is 9.77. The van der Waals surface area contributed by atoms with Crippen LogP contribution in [0.15, 0.2) is 16.3 Å². The van der Waals surface area contributed by atoms with E-state index in [1.165, 1.54) is 32.1 Å². The van der Waals surface area contributed by atoms with Crippen LogP contribution < -0.4 is 10.6 Å². The quantitative estimate of drug-likeness (QED) is 0.787. The number of nitrogens with zero attached hydrogens (tertiary/aromatic N) is 3. The topological polar surface area (TPSA) is 92.9 Å². The number of hydrogen-bond acceptors (Lipinski definition) is 7. The molecule has 1 amide bonds. The fraction of sp³-hybridized carbons (Fsp3) is 0.647. The summed E-state index contributed by atoms with van der Waals surface area (Å²) in [5.74, 6) is 0.924. The molecule has 134 valence electrons. The van der Waals surface area contributed by atoms with Crippen LogP contribution in [0, 0.1) is 5.92 Å². The van der Waals surface area contributed by atoms with E-state index in [0.717, 1.165) is 23.7 Å². The Balaban J connectivity index is 1.34. The third-order valence-electron chi connectivity index (χ3n) is 5.08. The second-order valence-electron chi connectivity index (χ2n) is 7.39. The molecule has 0 spiro atoms. The molecular weight excluding hydrogens is 338 g/mol. The van der Waals surface area contributed by atoms with E-state index in [0.29, 0.717) is 11.7 Å². The van der Waals surface area contributed by atoms with Crippen molar-refractivity contribution in [3.8, 4) is 0 Å². The minimum Gasteiger partial charge on any atom is -0.356 e. The number of hydrogen-bond donors (Lipinski definition) is 2. The highest BCUT2D eigenvalue weighted by Gasteiger charge is 2.36. The molecular formula is C17H23N5O2S. The van der Waals surface area contributed by atoms with Gasteiger partial charge in [-0.2, -0.15) is 4.98 Å². The first kappa shape index (κ1) is 16.5. The van der Waals surface area contributed by atoms with E-state index >= 15 is 0 Å². The molecule has 25 heavy (non-hydrogen) atoms. The summed E-state index contributed by atoms with van der Waals surface area (Å²) in [4.78, 5) is 21.1. The van der Waals surface area contributed by atoms with Crippen LogP contribution in [0.5, 0.6) is 0 Å². The zero-order valence-electron chi connectivity index (χ0n) is 14.3. The smallest absolute Gasteiger partial charge is 0.226 e. The number of nitrogens with one attached hydrogen (secondary N) is 2. The molecule has 2 aliphatic rings. The predicted octanol–water partition coefficient (Wildman–Crippen LogP) is 3.08. The standard InChI is InChI=1S/C17H23N5O2S/c1-17(6-2-3-7-17)21-16-19-12(9-25-16)8-13(23)20-14(11-4-5-11)15-18-10-24-22-15/h9-11,14H,2-8H2,1H3,(H,19,21)(H,20,23). The first-order chi connectivity index (χ1) is 12.1. The molecule has 2 aliphatic carbocycles. The van der Waals surface area contributed by atoms with Crippen molar-refractivity contribution in [2.45, 2.75) is 63.5 Å². The monoisotopic (exact) mass is 361 g/mol. The van der Waals surface area contributed by atoms with Crippen molar-refractivity contribution >= 4 is 22.4 Å². The molecule has 2 fully saturated rings. The number of anilines is 1. The molecule has 2 aromatic rings. The normalized spacial score (nSPS) is 20.4. The van der Waals surface area contributed by atoms with Crippen molar-refractivity contribution in [2.24, 2.45) is 5.92 Å². The molecule has 0 aromatic carbocycles. The van der Waals surface area contributed by atoms with Crippen LogP contribution in [0.4, 0.5) is 5.13 Å². The van der Waals surface area contributed by atoms with Crippen molar-refractivity contribution in [1.29, 1.82) is 0 Å². The molecule has 7 nitrogen and oxygen atoms in total. The number of carbonyl (C=O) groups excluding carboxylic acids is 1. The van der Waals surface area contributed by atoms with Gasteiger partial charge in [-0.3, -0.25) is 4.79 Å². The van der Waals surface area contributed by atoms with Crippen LogP contribution in [-0.4, -0.2) is 26.6 Å². The molecule has 2 heterocycles. The predicted molar refractivity (Wildman–Crippen MR) is 94.2 cm³/mol. The molecule has 1 atom stereocenters. The average molecular weight is 361 g/mol.